The molecule has 0 bridgehead atoms. The summed E-state index contributed by atoms with van der Waals surface area (Å²) in [5.74, 6) is 7.13. The van der Waals surface area contributed by atoms with E-state index in [1.807, 2.05) is 93.3 Å². The number of anilines is 4. The van der Waals surface area contributed by atoms with Gasteiger partial charge in [-0.3, -0.25) is 0 Å². The Labute approximate surface area is 865 Å². The molecule has 0 N–H and O–H groups in total. The molecule has 6 aromatic heterocycles. The summed E-state index contributed by atoms with van der Waals surface area (Å²) < 4.78 is 37.3. The molecule has 0 saturated heterocycles. The molecule has 24 rings (SSSR count). The van der Waals surface area contributed by atoms with Crippen LogP contribution in [0.4, 0.5) is 22.7 Å². The molecule has 0 fully saturated rings. The Morgan fingerprint density at radius 1 is 0.247 bits per heavy atom. The van der Waals surface area contributed by atoms with Crippen LogP contribution in [-0.2, 0) is 58.5 Å². The maximum Gasteiger partial charge on any atom is 0.286 e. The van der Waals surface area contributed by atoms with Crippen molar-refractivity contribution in [1.82, 2.24) is 15.0 Å². The van der Waals surface area contributed by atoms with Gasteiger partial charge >= 0.3 is 0 Å². The zero-order valence-corrected chi connectivity index (χ0v) is 92.5. The van der Waals surface area contributed by atoms with Crippen LogP contribution in [0.25, 0.3) is 67.5 Å². The molecule has 5 aliphatic heterocycles. The average Bonchev–Trinajstić information content (AvgIpc) is 0.702. The molecule has 6 aliphatic rings. The van der Waals surface area contributed by atoms with Crippen molar-refractivity contribution in [2.45, 2.75) is 139 Å². The Morgan fingerprint density at radius 3 is 1.10 bits per heavy atom. The lowest BCUT2D eigenvalue weighted by Crippen LogP contribution is -2.59. The van der Waals surface area contributed by atoms with Gasteiger partial charge in [-0.1, -0.05) is 235 Å². The molecule has 0 radical (unpaired) electrons. The molecule has 18 heteroatoms. The van der Waals surface area contributed by atoms with E-state index in [0.29, 0.717) is 0 Å². The van der Waals surface area contributed by atoms with Crippen molar-refractivity contribution in [2.75, 3.05) is 23.9 Å². The quantitative estimate of drug-likeness (QED) is 0.119. The van der Waals surface area contributed by atoms with Gasteiger partial charge in [-0.15, -0.1) is 0 Å². The van der Waals surface area contributed by atoms with Crippen molar-refractivity contribution in [3.8, 4) is 114 Å². The van der Waals surface area contributed by atoms with Gasteiger partial charge in [0.1, 0.15) is 104 Å². The van der Waals surface area contributed by atoms with Gasteiger partial charge in [0.25, 0.3) is 19.0 Å². The van der Waals surface area contributed by atoms with Gasteiger partial charge in [0.15, 0.2) is 41.6 Å². The maximum absolute atomic E-state index is 6.30. The second kappa shape index (κ2) is 39.0. The SMILES string of the molecule is Cc1cc2c(cc1-c1cccc[n+]1C)Oc1ccccc1O2.Cc1cc2c(cc1-c1cccc[n+]1C)Oc1ccccc1[Si]2(C)C.Cc1cc2c(cc1-c1cccc[n+]1C)[Si](C)(C)c1ccccc1O2.Cc1ccc2c(c1-c1ccnc[n+]1C)C(C)(C)c1ccccc1C2(C)C.Cc1ccc2c(c1-c1ccnc[n+]1C)C(C)(C)c1ccccc1N2C.Cc1ccc2c(c1-c1ccnc[n+]1C)[Si](C)(C)c1ccccc1N2C. The first-order valence-electron chi connectivity index (χ1n) is 50.7. The van der Waals surface area contributed by atoms with Crippen LogP contribution in [0.15, 0.2) is 347 Å². The van der Waals surface area contributed by atoms with E-state index >= 15 is 0 Å². The Hall–Kier alpha value is -15.2. The third-order valence-corrected chi connectivity index (χ3v) is 41.9. The fourth-order valence-electron chi connectivity index (χ4n) is 23.2. The second-order valence-electron chi connectivity index (χ2n) is 43.0. The first-order valence-corrected chi connectivity index (χ1v) is 59.7. The molecule has 146 heavy (non-hydrogen) atoms. The minimum Gasteiger partial charge on any atom is -0.458 e. The van der Waals surface area contributed by atoms with Crippen LogP contribution in [0.1, 0.15) is 108 Å². The molecule has 15 nitrogen and oxygen atoms in total. The monoisotopic (exact) mass is 1970 g/mol. The number of ether oxygens (including phenoxy) is 4. The highest BCUT2D eigenvalue weighted by Crippen LogP contribution is 2.56. The molecule has 732 valence electrons. The molecular formula is C128H135N11O4Si3+6. The van der Waals surface area contributed by atoms with Crippen LogP contribution >= 0.6 is 0 Å². The summed E-state index contributed by atoms with van der Waals surface area (Å²) in [6.07, 6.45) is 17.6. The summed E-state index contributed by atoms with van der Waals surface area (Å²) in [7, 11) is 11.5. The number of para-hydroxylation sites is 6. The van der Waals surface area contributed by atoms with Gasteiger partial charge in [-0.2, -0.15) is 0 Å². The molecule has 0 spiro atoms. The van der Waals surface area contributed by atoms with E-state index in [9.17, 15) is 0 Å². The molecule has 18 aromatic rings. The number of aryl methyl sites for hydroxylation is 12. The minimum absolute atomic E-state index is 0.0184. The van der Waals surface area contributed by atoms with Crippen molar-refractivity contribution >= 4 is 78.1 Å². The van der Waals surface area contributed by atoms with E-state index in [2.05, 4.69) is 485 Å². The zero-order valence-electron chi connectivity index (χ0n) is 89.5. The molecule has 0 unspecified atom stereocenters. The normalized spacial score (nSPS) is 14.6. The lowest BCUT2D eigenvalue weighted by Gasteiger charge is -2.45. The summed E-state index contributed by atoms with van der Waals surface area (Å²) in [6, 6.07) is 103. The van der Waals surface area contributed by atoms with Gasteiger partial charge in [0.2, 0.25) is 17.1 Å². The van der Waals surface area contributed by atoms with Crippen molar-refractivity contribution in [1.29, 1.82) is 0 Å². The molecule has 11 heterocycles. The number of pyridine rings is 3. The molecule has 0 saturated carbocycles. The summed E-state index contributed by atoms with van der Waals surface area (Å²) >= 11 is 0. The average molecular weight is 1980 g/mol. The zero-order chi connectivity index (χ0) is 103. The van der Waals surface area contributed by atoms with Crippen molar-refractivity contribution in [3.63, 3.8) is 0 Å². The fraction of sp³-hybridized carbons (Fsp3) is 0.227. The number of hydrogen-bond acceptors (Lipinski definition) is 9. The Balaban J connectivity index is 0.000000111. The third-order valence-electron chi connectivity index (χ3n) is 31.3. The number of fused-ring (bicyclic) bond motifs is 12. The van der Waals surface area contributed by atoms with Gasteiger partial charge in [0, 0.05) is 130 Å². The van der Waals surface area contributed by atoms with E-state index in [1.165, 1.54) is 171 Å². The topological polar surface area (TPSA) is 105 Å². The molecule has 1 aliphatic carbocycles. The highest BCUT2D eigenvalue weighted by Gasteiger charge is 2.47. The Kier molecular flexibility index (Phi) is 26.6. The molecular weight excluding hydrogens is 1840 g/mol. The number of aromatic nitrogens is 9. The number of hydrogen-bond donors (Lipinski definition) is 0. The molecule has 0 amide bonds. The van der Waals surface area contributed by atoms with E-state index in [0.717, 1.165) is 62.8 Å². The van der Waals surface area contributed by atoms with E-state index in [1.54, 1.807) is 0 Å². The minimum atomic E-state index is -1.83. The van der Waals surface area contributed by atoms with E-state index < -0.39 is 24.2 Å². The summed E-state index contributed by atoms with van der Waals surface area (Å²) in [4.78, 5) is 17.5. The van der Waals surface area contributed by atoms with Crippen LogP contribution in [0.2, 0.25) is 39.3 Å². The first kappa shape index (κ1) is 99.5. The largest absolute Gasteiger partial charge is 0.458 e. The van der Waals surface area contributed by atoms with Gasteiger partial charge in [-0.25, -0.2) is 27.4 Å². The highest BCUT2D eigenvalue weighted by atomic mass is 28.3. The van der Waals surface area contributed by atoms with E-state index in [4.69, 9.17) is 18.9 Å². The van der Waals surface area contributed by atoms with E-state index in [-0.39, 0.29) is 16.2 Å². The van der Waals surface area contributed by atoms with Crippen LogP contribution in [0, 0.1) is 41.5 Å². The summed E-state index contributed by atoms with van der Waals surface area (Å²) in [5, 5.41) is 8.57. The lowest BCUT2D eigenvalue weighted by atomic mass is 9.58. The Morgan fingerprint density at radius 2 is 0.596 bits per heavy atom. The van der Waals surface area contributed by atoms with Crippen molar-refractivity contribution in [2.24, 2.45) is 42.3 Å². The number of rotatable bonds is 6. The predicted molar refractivity (Wildman–Crippen MR) is 602 cm³/mol. The van der Waals surface area contributed by atoms with Crippen molar-refractivity contribution in [3.05, 3.63) is 414 Å². The molecule has 12 aromatic carbocycles. The van der Waals surface area contributed by atoms with Crippen LogP contribution in [0.3, 0.4) is 0 Å². The highest BCUT2D eigenvalue weighted by molar-refractivity contribution is 7.04. The first-order chi connectivity index (χ1) is 69.8. The lowest BCUT2D eigenvalue weighted by molar-refractivity contribution is -0.663. The van der Waals surface area contributed by atoms with Crippen molar-refractivity contribution < 1.29 is 46.4 Å². The number of nitrogens with zero attached hydrogens (tertiary/aromatic N) is 11. The van der Waals surface area contributed by atoms with Crippen LogP contribution in [-0.4, -0.2) is 53.3 Å². The van der Waals surface area contributed by atoms with Crippen LogP contribution < -0.4 is 87.3 Å². The summed E-state index contributed by atoms with van der Waals surface area (Å²) in [6.45, 7) is 41.8. The van der Waals surface area contributed by atoms with Gasteiger partial charge in [-0.05, 0) is 236 Å². The maximum atomic E-state index is 6.30. The summed E-state index contributed by atoms with van der Waals surface area (Å²) in [5.41, 5.74) is 36.2. The standard InChI is InChI=1S/C24H27N2.C22H24N3.C21H24N3Si.2C21H22NOSi.C19H16NO2/c1-16-11-12-19-22(21(16)20-13-14-25-15-26(20)6)24(4,5)18-10-8-7-9-17(18)23(19,2)3;1-15-10-11-19-21(20(15)18-12-13-23-14-24(18)4)22(2,3)16-8-6-7-9-17(16)25(19)5;1-15-10-11-18-21(20(15)17-12-13-22-14-23(17)2)25(4,5)19-9-7-6-8-16(19)24(18)3;1-15-13-21-19(14-16(15)17-9-7-8-12-22(17)2)23-18-10-5-6-11-20(18)24(21,3)4;1-15-13-19-21(14-16(15)17-9-7-8-12-22(17)2)24(3,4)20-11-6-5-10-18(20)23-19;1-13-11-18-19(22-17-9-4-3-8-16(17)21-18)12-14(13)15-7-5-6-10-20(15)2/h7-15H,1-6H3;2*6-14H,1-5H3;2*5-14H,1-4H3;3-12H,1-2H3/q6*+1. The fourth-order valence-corrected chi connectivity index (χ4v) is 32.4. The van der Waals surface area contributed by atoms with Crippen LogP contribution in [0.5, 0.6) is 46.0 Å². The third kappa shape index (κ3) is 17.8. The molecule has 0 atom stereocenters. The Bertz CT molecular complexity index is 8020. The van der Waals surface area contributed by atoms with Gasteiger partial charge in [0.05, 0.1) is 32.3 Å². The predicted octanol–water partition coefficient (Wildman–Crippen LogP) is 23.1. The smallest absolute Gasteiger partial charge is 0.286 e. The number of benzene rings is 12. The van der Waals surface area contributed by atoms with Gasteiger partial charge < -0.3 is 28.7 Å². The second-order valence-corrected chi connectivity index (χ2v) is 56.0.